The maximum Gasteiger partial charge on any atom is 0.224 e. The highest BCUT2D eigenvalue weighted by molar-refractivity contribution is 5.94. The molecule has 4 nitrogen and oxygen atoms in total. The molecule has 0 aliphatic rings. The molecule has 0 unspecified atom stereocenters. The van der Waals surface area contributed by atoms with Crippen molar-refractivity contribution >= 4 is 42.1 Å². The molecule has 108 valence electrons. The highest BCUT2D eigenvalue weighted by atomic mass is 35.5. The zero-order valence-corrected chi connectivity index (χ0v) is 12.5. The van der Waals surface area contributed by atoms with Gasteiger partial charge in [0.15, 0.2) is 0 Å². The number of nitrogen functional groups attached to an aromatic ring is 1. The van der Waals surface area contributed by atoms with Crippen molar-refractivity contribution in [3.05, 3.63) is 30.9 Å². The summed E-state index contributed by atoms with van der Waals surface area (Å²) < 4.78 is 5.07. The number of carbonyl (C=O) groups excluding carboxylic acids is 1. The lowest BCUT2D eigenvalue weighted by atomic mass is 10.2. The Labute approximate surface area is 126 Å². The van der Waals surface area contributed by atoms with Crippen LogP contribution in [-0.4, -0.2) is 13.0 Å². The quantitative estimate of drug-likeness (QED) is 0.481. The molecule has 0 bridgehead atoms. The van der Waals surface area contributed by atoms with Crippen molar-refractivity contribution in [2.24, 2.45) is 0 Å². The smallest absolute Gasteiger partial charge is 0.224 e. The van der Waals surface area contributed by atoms with E-state index in [0.717, 1.165) is 12.8 Å². The van der Waals surface area contributed by atoms with Crippen molar-refractivity contribution in [2.75, 3.05) is 18.2 Å². The van der Waals surface area contributed by atoms with Gasteiger partial charge in [-0.25, -0.2) is 0 Å². The van der Waals surface area contributed by atoms with Gasteiger partial charge in [0.05, 0.1) is 18.5 Å². The first-order valence-electron chi connectivity index (χ1n) is 5.51. The lowest BCUT2D eigenvalue weighted by Crippen LogP contribution is -2.12. The largest absolute Gasteiger partial charge is 0.497 e. The van der Waals surface area contributed by atoms with Crippen LogP contribution in [0, 0.1) is 0 Å². The molecule has 0 heterocycles. The normalized spacial score (nSPS) is 8.68. The summed E-state index contributed by atoms with van der Waals surface area (Å²) in [6.07, 6.45) is 3.88. The van der Waals surface area contributed by atoms with Gasteiger partial charge in [-0.15, -0.1) is 31.4 Å². The lowest BCUT2D eigenvalue weighted by Gasteiger charge is -2.09. The summed E-state index contributed by atoms with van der Waals surface area (Å²) in [5.74, 6) is 0.618. The first kappa shape index (κ1) is 19.9. The van der Waals surface area contributed by atoms with Crippen LogP contribution >= 0.6 is 24.8 Å². The first-order chi connectivity index (χ1) is 8.17. The van der Waals surface area contributed by atoms with Crippen molar-refractivity contribution in [3.8, 4) is 5.75 Å². The number of carbonyl (C=O) groups is 1. The second-order valence-corrected chi connectivity index (χ2v) is 3.68. The van der Waals surface area contributed by atoms with Gasteiger partial charge in [0.1, 0.15) is 5.75 Å². The number of hydrogen-bond acceptors (Lipinski definition) is 3. The van der Waals surface area contributed by atoms with Gasteiger partial charge in [0.25, 0.3) is 0 Å². The summed E-state index contributed by atoms with van der Waals surface area (Å²) in [6, 6.07) is 5.17. The SMILES string of the molecule is C=CCCCC(=O)Nc1cc(OC)ccc1N.Cl.Cl. The Morgan fingerprint density at radius 2 is 2.16 bits per heavy atom. The average Bonchev–Trinajstić information content (AvgIpc) is 2.32. The van der Waals surface area contributed by atoms with Crippen LogP contribution < -0.4 is 15.8 Å². The molecular weight excluding hydrogens is 287 g/mol. The van der Waals surface area contributed by atoms with E-state index in [0.29, 0.717) is 23.5 Å². The molecule has 1 aromatic carbocycles. The van der Waals surface area contributed by atoms with Crippen LogP contribution in [0.3, 0.4) is 0 Å². The Hall–Kier alpha value is -1.39. The Bertz CT molecular complexity index is 412. The fourth-order valence-corrected chi connectivity index (χ4v) is 1.39. The summed E-state index contributed by atoms with van der Waals surface area (Å²) in [7, 11) is 1.57. The van der Waals surface area contributed by atoms with Crippen LogP contribution in [-0.2, 0) is 4.79 Å². The number of unbranched alkanes of at least 4 members (excludes halogenated alkanes) is 1. The van der Waals surface area contributed by atoms with Gasteiger partial charge in [-0.1, -0.05) is 6.08 Å². The standard InChI is InChI=1S/C13H18N2O2.2ClH/c1-3-4-5-6-13(16)15-12-9-10(17-2)7-8-11(12)14;;/h3,7-9H,1,4-6,14H2,2H3,(H,15,16);2*1H. The topological polar surface area (TPSA) is 64.3 Å². The van der Waals surface area contributed by atoms with Crippen LogP contribution in [0.15, 0.2) is 30.9 Å². The molecule has 1 amide bonds. The van der Waals surface area contributed by atoms with E-state index in [2.05, 4.69) is 11.9 Å². The van der Waals surface area contributed by atoms with Crippen molar-refractivity contribution in [2.45, 2.75) is 19.3 Å². The molecule has 1 rings (SSSR count). The van der Waals surface area contributed by atoms with Gasteiger partial charge < -0.3 is 15.8 Å². The third kappa shape index (κ3) is 6.94. The molecule has 0 atom stereocenters. The summed E-state index contributed by atoms with van der Waals surface area (Å²) >= 11 is 0. The molecular formula is C13H20Cl2N2O2. The van der Waals surface area contributed by atoms with Crippen molar-refractivity contribution in [1.29, 1.82) is 0 Å². The van der Waals surface area contributed by atoms with Crippen molar-refractivity contribution in [3.63, 3.8) is 0 Å². The van der Waals surface area contributed by atoms with E-state index >= 15 is 0 Å². The number of allylic oxidation sites excluding steroid dienone is 1. The second-order valence-electron chi connectivity index (χ2n) is 3.68. The summed E-state index contributed by atoms with van der Waals surface area (Å²) in [5, 5.41) is 2.77. The molecule has 19 heavy (non-hydrogen) atoms. The van der Waals surface area contributed by atoms with Crippen LogP contribution in [0.4, 0.5) is 11.4 Å². The monoisotopic (exact) mass is 306 g/mol. The Morgan fingerprint density at radius 1 is 1.47 bits per heavy atom. The second kappa shape index (κ2) is 10.5. The number of amides is 1. The fourth-order valence-electron chi connectivity index (χ4n) is 1.39. The van der Waals surface area contributed by atoms with E-state index < -0.39 is 0 Å². The Morgan fingerprint density at radius 3 is 2.74 bits per heavy atom. The number of hydrogen-bond donors (Lipinski definition) is 2. The third-order valence-electron chi connectivity index (χ3n) is 2.35. The fraction of sp³-hybridized carbons (Fsp3) is 0.308. The predicted molar refractivity (Wildman–Crippen MR) is 84.6 cm³/mol. The minimum absolute atomic E-state index is 0. The number of rotatable bonds is 6. The molecule has 0 fully saturated rings. The maximum atomic E-state index is 11.6. The van der Waals surface area contributed by atoms with E-state index in [1.165, 1.54) is 0 Å². The molecule has 0 aliphatic heterocycles. The minimum Gasteiger partial charge on any atom is -0.497 e. The minimum atomic E-state index is -0.0493. The number of ether oxygens (including phenoxy) is 1. The summed E-state index contributed by atoms with van der Waals surface area (Å²) in [5.41, 5.74) is 6.88. The highest BCUT2D eigenvalue weighted by Crippen LogP contribution is 2.24. The highest BCUT2D eigenvalue weighted by Gasteiger charge is 2.06. The Kier molecular flexibility index (Phi) is 11.0. The molecule has 0 spiro atoms. The maximum absolute atomic E-state index is 11.6. The number of anilines is 2. The van der Waals surface area contributed by atoms with Crippen molar-refractivity contribution in [1.82, 2.24) is 0 Å². The van der Waals surface area contributed by atoms with Gasteiger partial charge in [0, 0.05) is 12.5 Å². The van der Waals surface area contributed by atoms with Crippen LogP contribution in [0.2, 0.25) is 0 Å². The molecule has 0 saturated carbocycles. The molecule has 0 saturated heterocycles. The van der Waals surface area contributed by atoms with E-state index in [1.54, 1.807) is 31.4 Å². The molecule has 6 heteroatoms. The molecule has 0 aromatic heterocycles. The third-order valence-corrected chi connectivity index (χ3v) is 2.35. The summed E-state index contributed by atoms with van der Waals surface area (Å²) in [6.45, 7) is 3.61. The lowest BCUT2D eigenvalue weighted by molar-refractivity contribution is -0.116. The van der Waals surface area contributed by atoms with Crippen LogP contribution in [0.1, 0.15) is 19.3 Å². The number of halogens is 2. The van der Waals surface area contributed by atoms with Crippen LogP contribution in [0.5, 0.6) is 5.75 Å². The average molecular weight is 307 g/mol. The summed E-state index contributed by atoms with van der Waals surface area (Å²) in [4.78, 5) is 11.6. The molecule has 3 N–H and O–H groups in total. The number of benzene rings is 1. The van der Waals surface area contributed by atoms with Gasteiger partial charge in [0.2, 0.25) is 5.91 Å². The van der Waals surface area contributed by atoms with Gasteiger partial charge in [-0.2, -0.15) is 0 Å². The Balaban J connectivity index is 0. The van der Waals surface area contributed by atoms with Gasteiger partial charge in [-0.3, -0.25) is 4.79 Å². The van der Waals surface area contributed by atoms with Gasteiger partial charge in [-0.05, 0) is 25.0 Å². The van der Waals surface area contributed by atoms with Gasteiger partial charge >= 0.3 is 0 Å². The predicted octanol–water partition coefficient (Wildman–Crippen LogP) is 3.42. The number of nitrogens with one attached hydrogen (secondary N) is 1. The molecule has 0 aliphatic carbocycles. The molecule has 0 radical (unpaired) electrons. The van der Waals surface area contributed by atoms with E-state index in [9.17, 15) is 4.79 Å². The molecule has 1 aromatic rings. The van der Waals surface area contributed by atoms with E-state index in [-0.39, 0.29) is 30.7 Å². The number of methoxy groups -OCH3 is 1. The van der Waals surface area contributed by atoms with Crippen molar-refractivity contribution < 1.29 is 9.53 Å². The first-order valence-corrected chi connectivity index (χ1v) is 5.51. The van der Waals surface area contributed by atoms with Crippen LogP contribution in [0.25, 0.3) is 0 Å². The van der Waals surface area contributed by atoms with E-state index in [4.69, 9.17) is 10.5 Å². The van der Waals surface area contributed by atoms with E-state index in [1.807, 2.05) is 0 Å². The number of nitrogens with two attached hydrogens (primary N) is 1. The zero-order chi connectivity index (χ0) is 12.7. The zero-order valence-electron chi connectivity index (χ0n) is 10.8.